The number of thioether (sulfide) groups is 1. The number of hydrogen-bond acceptors (Lipinski definition) is 7. The third kappa shape index (κ3) is 4.12. The van der Waals surface area contributed by atoms with Crippen LogP contribution in [-0.4, -0.2) is 58.2 Å². The van der Waals surface area contributed by atoms with Crippen LogP contribution in [0.1, 0.15) is 24.5 Å². The lowest BCUT2D eigenvalue weighted by Gasteiger charge is -2.29. The first-order valence-corrected chi connectivity index (χ1v) is 13.1. The van der Waals surface area contributed by atoms with E-state index in [-0.39, 0.29) is 31.4 Å². The maximum atomic E-state index is 14.1. The molecule has 2 aromatic rings. The Morgan fingerprint density at radius 3 is 2.56 bits per heavy atom. The molecule has 186 valence electrons. The molecule has 5 rings (SSSR count). The molecule has 3 fully saturated rings. The minimum atomic E-state index is -1.19. The number of rotatable bonds is 5. The van der Waals surface area contributed by atoms with Gasteiger partial charge in [0.05, 0.1) is 35.3 Å². The van der Waals surface area contributed by atoms with Crippen LogP contribution in [0.4, 0.5) is 10.5 Å². The van der Waals surface area contributed by atoms with Gasteiger partial charge in [0.2, 0.25) is 0 Å². The fourth-order valence-corrected chi connectivity index (χ4v) is 7.27. The second-order valence-corrected chi connectivity index (χ2v) is 11.4. The average molecular weight is 545 g/mol. The SMILES string of the molecule is CCOC(=O)[C@H]1CSC2(CN3C(=O)N(c4cc(Cl)cc(Cl)c4)C(=O)[C@]3(Cc3ccc(C#N)cc3)C2)N1. The fourth-order valence-electron chi connectivity index (χ4n) is 5.26. The molecule has 1 N–H and O–H groups in total. The molecule has 8 nitrogen and oxygen atoms in total. The summed E-state index contributed by atoms with van der Waals surface area (Å²) < 4.78 is 5.18. The molecule has 3 aliphatic heterocycles. The number of ether oxygens (including phenoxy) is 1. The monoisotopic (exact) mass is 544 g/mol. The Morgan fingerprint density at radius 1 is 1.22 bits per heavy atom. The molecule has 3 amide bonds. The van der Waals surface area contributed by atoms with Crippen molar-refractivity contribution in [3.63, 3.8) is 0 Å². The van der Waals surface area contributed by atoms with Crippen molar-refractivity contribution < 1.29 is 19.1 Å². The third-order valence-electron chi connectivity index (χ3n) is 6.75. The number of nitrogens with zero attached hydrogens (tertiary/aromatic N) is 3. The van der Waals surface area contributed by atoms with E-state index in [1.807, 2.05) is 0 Å². The van der Waals surface area contributed by atoms with Gasteiger partial charge in [0.15, 0.2) is 0 Å². The molecule has 36 heavy (non-hydrogen) atoms. The molecule has 1 spiro atoms. The number of halogens is 2. The highest BCUT2D eigenvalue weighted by Crippen LogP contribution is 2.52. The minimum Gasteiger partial charge on any atom is -0.465 e. The van der Waals surface area contributed by atoms with Gasteiger partial charge in [-0.05, 0) is 42.8 Å². The molecule has 3 saturated heterocycles. The molecule has 0 aromatic heterocycles. The first-order chi connectivity index (χ1) is 17.2. The van der Waals surface area contributed by atoms with Gasteiger partial charge in [0.25, 0.3) is 5.91 Å². The van der Waals surface area contributed by atoms with Crippen molar-refractivity contribution in [1.82, 2.24) is 10.2 Å². The summed E-state index contributed by atoms with van der Waals surface area (Å²) in [5.74, 6) is -0.243. The van der Waals surface area contributed by atoms with Gasteiger partial charge >= 0.3 is 12.0 Å². The largest absolute Gasteiger partial charge is 0.465 e. The zero-order chi connectivity index (χ0) is 25.7. The van der Waals surface area contributed by atoms with Crippen molar-refractivity contribution in [3.8, 4) is 6.07 Å². The van der Waals surface area contributed by atoms with E-state index in [0.29, 0.717) is 33.5 Å². The Balaban J connectivity index is 1.52. The van der Waals surface area contributed by atoms with Crippen LogP contribution < -0.4 is 10.2 Å². The highest BCUT2D eigenvalue weighted by molar-refractivity contribution is 8.01. The number of nitriles is 1. The summed E-state index contributed by atoms with van der Waals surface area (Å²) in [7, 11) is 0. The molecule has 1 unspecified atom stereocenters. The second kappa shape index (κ2) is 9.27. The summed E-state index contributed by atoms with van der Waals surface area (Å²) >= 11 is 13.9. The van der Waals surface area contributed by atoms with Crippen molar-refractivity contribution in [2.24, 2.45) is 0 Å². The number of benzene rings is 2. The highest BCUT2D eigenvalue weighted by Gasteiger charge is 2.67. The summed E-state index contributed by atoms with van der Waals surface area (Å²) in [6.45, 7) is 2.26. The molecule has 0 radical (unpaired) electrons. The molecule has 0 saturated carbocycles. The van der Waals surface area contributed by atoms with E-state index in [9.17, 15) is 14.4 Å². The normalized spacial score (nSPS) is 27.0. The Kier molecular flexibility index (Phi) is 6.41. The van der Waals surface area contributed by atoms with Gasteiger partial charge in [0.1, 0.15) is 11.6 Å². The van der Waals surface area contributed by atoms with E-state index >= 15 is 0 Å². The molecular weight excluding hydrogens is 523 g/mol. The Labute approximate surface area is 222 Å². The first-order valence-electron chi connectivity index (χ1n) is 11.4. The van der Waals surface area contributed by atoms with Gasteiger partial charge < -0.3 is 9.64 Å². The summed E-state index contributed by atoms with van der Waals surface area (Å²) in [5.41, 5.74) is 0.434. The van der Waals surface area contributed by atoms with Crippen LogP contribution in [0.5, 0.6) is 0 Å². The van der Waals surface area contributed by atoms with E-state index in [2.05, 4.69) is 11.4 Å². The van der Waals surface area contributed by atoms with Crippen LogP contribution in [0.3, 0.4) is 0 Å². The van der Waals surface area contributed by atoms with Gasteiger partial charge in [-0.2, -0.15) is 5.26 Å². The number of esters is 1. The van der Waals surface area contributed by atoms with Crippen LogP contribution in [-0.2, 0) is 20.7 Å². The van der Waals surface area contributed by atoms with Crippen LogP contribution in [0, 0.1) is 11.3 Å². The van der Waals surface area contributed by atoms with E-state index in [1.54, 1.807) is 36.1 Å². The number of anilines is 1. The van der Waals surface area contributed by atoms with E-state index in [1.165, 1.54) is 30.0 Å². The zero-order valence-corrected chi connectivity index (χ0v) is 21.6. The Bertz CT molecular complexity index is 1280. The summed E-state index contributed by atoms with van der Waals surface area (Å²) in [6.07, 6.45) is 0.554. The lowest BCUT2D eigenvalue weighted by atomic mass is 9.86. The number of fused-ring (bicyclic) bond motifs is 1. The van der Waals surface area contributed by atoms with Crippen molar-refractivity contribution in [1.29, 1.82) is 5.26 Å². The highest BCUT2D eigenvalue weighted by atomic mass is 35.5. The van der Waals surface area contributed by atoms with E-state index < -0.39 is 22.5 Å². The molecule has 3 atom stereocenters. The minimum absolute atomic E-state index is 0.235. The molecule has 0 bridgehead atoms. The van der Waals surface area contributed by atoms with Crippen molar-refractivity contribution in [3.05, 3.63) is 63.6 Å². The predicted octanol–water partition coefficient (Wildman–Crippen LogP) is 3.98. The Hall–Kier alpha value is -2.77. The fraction of sp³-hybridized carbons (Fsp3) is 0.360. The maximum absolute atomic E-state index is 14.1. The van der Waals surface area contributed by atoms with Crippen LogP contribution >= 0.6 is 35.0 Å². The van der Waals surface area contributed by atoms with Gasteiger partial charge in [-0.1, -0.05) is 35.3 Å². The smallest absolute Gasteiger partial charge is 0.332 e. The number of hydrogen-bond donors (Lipinski definition) is 1. The van der Waals surface area contributed by atoms with Gasteiger partial charge in [0, 0.05) is 28.6 Å². The molecule has 2 aromatic carbocycles. The number of nitrogens with one attached hydrogen (secondary N) is 1. The van der Waals surface area contributed by atoms with E-state index in [4.69, 9.17) is 33.2 Å². The lowest BCUT2D eigenvalue weighted by Crippen LogP contribution is -2.50. The second-order valence-electron chi connectivity index (χ2n) is 9.09. The van der Waals surface area contributed by atoms with Gasteiger partial charge in [-0.25, -0.2) is 9.69 Å². The topological polar surface area (TPSA) is 103 Å². The van der Waals surface area contributed by atoms with Crippen molar-refractivity contribution in [2.45, 2.75) is 36.2 Å². The number of carbonyl (C=O) groups excluding carboxylic acids is 3. The Morgan fingerprint density at radius 2 is 1.92 bits per heavy atom. The summed E-state index contributed by atoms with van der Waals surface area (Å²) in [4.78, 5) is 42.3. The van der Waals surface area contributed by atoms with Gasteiger partial charge in [-0.15, -0.1) is 11.8 Å². The summed E-state index contributed by atoms with van der Waals surface area (Å²) in [6, 6.07) is 12.7. The zero-order valence-electron chi connectivity index (χ0n) is 19.3. The molecule has 0 aliphatic carbocycles. The van der Waals surface area contributed by atoms with E-state index in [0.717, 1.165) is 10.5 Å². The quantitative estimate of drug-likeness (QED) is 0.448. The number of urea groups is 1. The van der Waals surface area contributed by atoms with Crippen molar-refractivity contribution in [2.75, 3.05) is 23.8 Å². The number of amides is 3. The standard InChI is InChI=1S/C25H22Cl2N4O4S/c1-2-35-21(32)20-12-36-25(29-20)13-24(10-15-3-5-16(11-28)6-4-15)22(33)31(23(34)30(24)14-25)19-8-17(26)7-18(27)9-19/h3-9,20,29H,2,10,12-14H2,1H3/t20-,24+,25?/m1/s1. The molecule has 11 heteroatoms. The third-order valence-corrected chi connectivity index (χ3v) is 8.63. The molecule has 3 aliphatic rings. The number of imide groups is 1. The summed E-state index contributed by atoms with van der Waals surface area (Å²) in [5, 5.41) is 13.1. The average Bonchev–Trinajstić information content (AvgIpc) is 3.45. The van der Waals surface area contributed by atoms with Crippen LogP contribution in [0.15, 0.2) is 42.5 Å². The lowest BCUT2D eigenvalue weighted by molar-refractivity contribution is -0.145. The van der Waals surface area contributed by atoms with Crippen molar-refractivity contribution >= 4 is 58.6 Å². The maximum Gasteiger partial charge on any atom is 0.332 e. The molecule has 3 heterocycles. The first kappa shape index (κ1) is 24.9. The predicted molar refractivity (Wildman–Crippen MR) is 137 cm³/mol. The van der Waals surface area contributed by atoms with Crippen LogP contribution in [0.25, 0.3) is 0 Å². The van der Waals surface area contributed by atoms with Gasteiger partial charge in [-0.3, -0.25) is 14.9 Å². The van der Waals surface area contributed by atoms with Crippen LogP contribution in [0.2, 0.25) is 10.0 Å². The molecular formula is C25H22Cl2N4O4S. The number of carbonyl (C=O) groups is 3.